The average Bonchev–Trinajstić information content (AvgIpc) is 2.81. The van der Waals surface area contributed by atoms with E-state index in [2.05, 4.69) is 29.3 Å². The first-order valence-electron chi connectivity index (χ1n) is 7.76. The molecule has 1 unspecified atom stereocenters. The van der Waals surface area contributed by atoms with Crippen LogP contribution in [0.5, 0.6) is 0 Å². The third-order valence-corrected chi connectivity index (χ3v) is 4.81. The Labute approximate surface area is 121 Å². The quantitative estimate of drug-likeness (QED) is 0.917. The van der Waals surface area contributed by atoms with Gasteiger partial charge < -0.3 is 4.90 Å². The summed E-state index contributed by atoms with van der Waals surface area (Å²) in [4.78, 5) is 14.3. The maximum Gasteiger partial charge on any atom is 0.238 e. The van der Waals surface area contributed by atoms with Crippen LogP contribution in [0.3, 0.4) is 0 Å². The highest BCUT2D eigenvalue weighted by Gasteiger charge is 2.37. The lowest BCUT2D eigenvalue weighted by molar-refractivity contribution is -0.130. The zero-order valence-electron chi connectivity index (χ0n) is 12.3. The number of amides is 1. The van der Waals surface area contributed by atoms with Crippen LogP contribution >= 0.6 is 0 Å². The van der Waals surface area contributed by atoms with Crippen LogP contribution < -0.4 is 5.32 Å². The molecule has 3 heteroatoms. The molecule has 1 heterocycles. The molecule has 0 aromatic heterocycles. The van der Waals surface area contributed by atoms with E-state index < -0.39 is 0 Å². The monoisotopic (exact) mass is 272 g/mol. The van der Waals surface area contributed by atoms with E-state index in [4.69, 9.17) is 0 Å². The summed E-state index contributed by atoms with van der Waals surface area (Å²) >= 11 is 0. The second-order valence-electron chi connectivity index (χ2n) is 6.59. The predicted octanol–water partition coefficient (Wildman–Crippen LogP) is 3.09. The Kier molecular flexibility index (Phi) is 3.79. The lowest BCUT2D eigenvalue weighted by Crippen LogP contribution is -2.40. The van der Waals surface area contributed by atoms with Crippen molar-refractivity contribution >= 4 is 5.91 Å². The zero-order valence-corrected chi connectivity index (χ0v) is 12.3. The van der Waals surface area contributed by atoms with E-state index in [1.54, 1.807) is 0 Å². The number of carbonyl (C=O) groups is 1. The molecule has 1 atom stereocenters. The Morgan fingerprint density at radius 2 is 1.90 bits per heavy atom. The Bertz CT molecular complexity index is 465. The minimum atomic E-state index is 0.0578. The summed E-state index contributed by atoms with van der Waals surface area (Å²) in [5, 5.41) is 3.36. The van der Waals surface area contributed by atoms with Gasteiger partial charge in [0.1, 0.15) is 6.17 Å². The SMILES string of the molecule is CC1(CN2C(=O)CNC2c2ccccc2)CCCCC1. The third-order valence-electron chi connectivity index (χ3n) is 4.81. The fraction of sp³-hybridized carbons (Fsp3) is 0.588. The predicted molar refractivity (Wildman–Crippen MR) is 80.1 cm³/mol. The van der Waals surface area contributed by atoms with Crippen LogP contribution in [0.4, 0.5) is 0 Å². The fourth-order valence-electron chi connectivity index (χ4n) is 3.63. The van der Waals surface area contributed by atoms with Gasteiger partial charge in [0, 0.05) is 6.54 Å². The van der Waals surface area contributed by atoms with Gasteiger partial charge in [-0.25, -0.2) is 0 Å². The molecule has 1 N–H and O–H groups in total. The Balaban J connectivity index is 1.77. The van der Waals surface area contributed by atoms with E-state index in [0.717, 1.165) is 6.54 Å². The number of rotatable bonds is 3. The number of carbonyl (C=O) groups excluding carboxylic acids is 1. The molecule has 20 heavy (non-hydrogen) atoms. The molecular formula is C17H24N2O. The van der Waals surface area contributed by atoms with Crippen molar-refractivity contribution in [2.24, 2.45) is 5.41 Å². The van der Waals surface area contributed by atoms with Gasteiger partial charge in [-0.05, 0) is 23.8 Å². The van der Waals surface area contributed by atoms with Gasteiger partial charge in [0.05, 0.1) is 6.54 Å². The highest BCUT2D eigenvalue weighted by atomic mass is 16.2. The number of hydrogen-bond acceptors (Lipinski definition) is 2. The number of hydrogen-bond donors (Lipinski definition) is 1. The smallest absolute Gasteiger partial charge is 0.238 e. The third kappa shape index (κ3) is 2.73. The second-order valence-corrected chi connectivity index (χ2v) is 6.59. The van der Waals surface area contributed by atoms with Crippen LogP contribution in [-0.2, 0) is 4.79 Å². The van der Waals surface area contributed by atoms with E-state index in [0.29, 0.717) is 12.0 Å². The fourth-order valence-corrected chi connectivity index (χ4v) is 3.63. The van der Waals surface area contributed by atoms with Gasteiger partial charge in [0.2, 0.25) is 5.91 Å². The Morgan fingerprint density at radius 1 is 1.20 bits per heavy atom. The summed E-state index contributed by atoms with van der Waals surface area (Å²) in [6, 6.07) is 10.3. The average molecular weight is 272 g/mol. The van der Waals surface area contributed by atoms with Crippen molar-refractivity contribution in [3.63, 3.8) is 0 Å². The molecule has 2 aliphatic rings. The lowest BCUT2D eigenvalue weighted by Gasteiger charge is -2.39. The molecule has 1 amide bonds. The number of nitrogens with one attached hydrogen (secondary N) is 1. The Hall–Kier alpha value is -1.35. The molecule has 1 aromatic rings. The summed E-state index contributed by atoms with van der Waals surface area (Å²) in [6.07, 6.45) is 6.52. The van der Waals surface area contributed by atoms with Crippen molar-refractivity contribution in [2.75, 3.05) is 13.1 Å². The minimum absolute atomic E-state index is 0.0578. The molecule has 0 spiro atoms. The first-order valence-corrected chi connectivity index (χ1v) is 7.76. The van der Waals surface area contributed by atoms with Gasteiger partial charge in [0.25, 0.3) is 0 Å². The van der Waals surface area contributed by atoms with Crippen molar-refractivity contribution in [1.82, 2.24) is 10.2 Å². The van der Waals surface area contributed by atoms with E-state index in [1.807, 2.05) is 18.2 Å². The largest absolute Gasteiger partial charge is 0.321 e. The van der Waals surface area contributed by atoms with Gasteiger partial charge in [-0.1, -0.05) is 56.5 Å². The van der Waals surface area contributed by atoms with Gasteiger partial charge in [-0.15, -0.1) is 0 Å². The highest BCUT2D eigenvalue weighted by Crippen LogP contribution is 2.38. The summed E-state index contributed by atoms with van der Waals surface area (Å²) < 4.78 is 0. The molecule has 3 nitrogen and oxygen atoms in total. The van der Waals surface area contributed by atoms with E-state index in [1.165, 1.54) is 37.7 Å². The molecule has 108 valence electrons. The van der Waals surface area contributed by atoms with Crippen LogP contribution in [0, 0.1) is 5.41 Å². The topological polar surface area (TPSA) is 32.3 Å². The normalized spacial score (nSPS) is 25.9. The van der Waals surface area contributed by atoms with Crippen LogP contribution in [-0.4, -0.2) is 23.9 Å². The van der Waals surface area contributed by atoms with Gasteiger partial charge >= 0.3 is 0 Å². The van der Waals surface area contributed by atoms with E-state index >= 15 is 0 Å². The van der Waals surface area contributed by atoms with Gasteiger partial charge in [-0.3, -0.25) is 10.1 Å². The number of benzene rings is 1. The molecule has 0 bridgehead atoms. The summed E-state index contributed by atoms with van der Waals surface area (Å²) in [6.45, 7) is 3.70. The van der Waals surface area contributed by atoms with Crippen LogP contribution in [0.1, 0.15) is 50.8 Å². The molecule has 2 fully saturated rings. The van der Waals surface area contributed by atoms with Crippen LogP contribution in [0.25, 0.3) is 0 Å². The molecule has 0 radical (unpaired) electrons. The molecule has 1 aliphatic carbocycles. The maximum absolute atomic E-state index is 12.2. The molecule has 1 saturated heterocycles. The molecule has 1 aliphatic heterocycles. The summed E-state index contributed by atoms with van der Waals surface area (Å²) in [5.41, 5.74) is 1.49. The van der Waals surface area contributed by atoms with Crippen molar-refractivity contribution in [3.8, 4) is 0 Å². The first kappa shape index (κ1) is 13.6. The van der Waals surface area contributed by atoms with E-state index in [-0.39, 0.29) is 12.1 Å². The zero-order chi connectivity index (χ0) is 14.0. The molecular weight excluding hydrogens is 248 g/mol. The minimum Gasteiger partial charge on any atom is -0.321 e. The summed E-state index contributed by atoms with van der Waals surface area (Å²) in [5.74, 6) is 0.241. The molecule has 1 saturated carbocycles. The van der Waals surface area contributed by atoms with Crippen molar-refractivity contribution in [2.45, 2.75) is 45.2 Å². The first-order chi connectivity index (χ1) is 9.68. The Morgan fingerprint density at radius 3 is 2.60 bits per heavy atom. The maximum atomic E-state index is 12.2. The molecule has 1 aromatic carbocycles. The van der Waals surface area contributed by atoms with E-state index in [9.17, 15) is 4.79 Å². The van der Waals surface area contributed by atoms with Crippen molar-refractivity contribution in [1.29, 1.82) is 0 Å². The van der Waals surface area contributed by atoms with Crippen LogP contribution in [0.2, 0.25) is 0 Å². The van der Waals surface area contributed by atoms with Crippen molar-refractivity contribution < 1.29 is 4.79 Å². The van der Waals surface area contributed by atoms with Crippen LogP contribution in [0.15, 0.2) is 30.3 Å². The highest BCUT2D eigenvalue weighted by molar-refractivity contribution is 5.81. The van der Waals surface area contributed by atoms with Crippen molar-refractivity contribution in [3.05, 3.63) is 35.9 Å². The van der Waals surface area contributed by atoms with Gasteiger partial charge in [0.15, 0.2) is 0 Å². The lowest BCUT2D eigenvalue weighted by atomic mass is 9.75. The number of nitrogens with zero attached hydrogens (tertiary/aromatic N) is 1. The molecule has 3 rings (SSSR count). The summed E-state index contributed by atoms with van der Waals surface area (Å²) in [7, 11) is 0. The standard InChI is InChI=1S/C17H24N2O/c1-17(10-6-3-7-11-17)13-19-15(20)12-18-16(19)14-8-4-2-5-9-14/h2,4-5,8-9,16,18H,3,6-7,10-13H2,1H3. The van der Waals surface area contributed by atoms with Gasteiger partial charge in [-0.2, -0.15) is 0 Å². The second kappa shape index (κ2) is 5.57.